The predicted molar refractivity (Wildman–Crippen MR) is 131 cm³/mol. The third-order valence-corrected chi connectivity index (χ3v) is 7.99. The van der Waals surface area contributed by atoms with Crippen molar-refractivity contribution < 1.29 is 4.79 Å². The van der Waals surface area contributed by atoms with Crippen LogP contribution in [0.25, 0.3) is 11.3 Å². The van der Waals surface area contributed by atoms with Gasteiger partial charge >= 0.3 is 0 Å². The number of thioether (sulfide) groups is 1. The number of rotatable bonds is 7. The van der Waals surface area contributed by atoms with Crippen LogP contribution in [0.15, 0.2) is 46.9 Å². The maximum absolute atomic E-state index is 14.0. The van der Waals surface area contributed by atoms with Gasteiger partial charge in [-0.3, -0.25) is 14.2 Å². The first-order chi connectivity index (χ1) is 15.5. The highest BCUT2D eigenvalue weighted by Crippen LogP contribution is 2.48. The Morgan fingerprint density at radius 3 is 2.62 bits per heavy atom. The molecule has 1 heterocycles. The summed E-state index contributed by atoms with van der Waals surface area (Å²) >= 11 is 1.36. The quantitative estimate of drug-likeness (QED) is 0.344. The summed E-state index contributed by atoms with van der Waals surface area (Å²) in [6.45, 7) is 9.60. The Morgan fingerprint density at radius 2 is 1.94 bits per heavy atom. The molecular weight excluding hydrogens is 418 g/mol. The lowest BCUT2D eigenvalue weighted by Crippen LogP contribution is -2.43. The predicted octanol–water partition coefficient (Wildman–Crippen LogP) is 4.81. The molecule has 0 N–H and O–H groups in total. The molecule has 2 aliphatic rings. The Bertz CT molecular complexity index is 1070. The lowest BCUT2D eigenvalue weighted by Gasteiger charge is -2.42. The van der Waals surface area contributed by atoms with Crippen LogP contribution in [0.5, 0.6) is 0 Å². The first-order valence-electron chi connectivity index (χ1n) is 11.8. The summed E-state index contributed by atoms with van der Waals surface area (Å²) in [5.41, 5.74) is 3.98. The average molecular weight is 452 g/mol. The fourth-order valence-electron chi connectivity index (χ4n) is 5.42. The largest absolute Gasteiger partial charge is 0.343 e. The molecule has 2 aromatic rings. The number of hydrogen-bond acceptors (Lipinski definition) is 4. The SMILES string of the molecule is C=CCn1c(SCC(=O)N(CC)CC)nc2c(c1=O)C1(CCCCC1)Cc1ccccc1-2. The second kappa shape index (κ2) is 9.65. The zero-order valence-corrected chi connectivity index (χ0v) is 20.0. The van der Waals surface area contributed by atoms with Gasteiger partial charge in [-0.15, -0.1) is 6.58 Å². The molecule has 0 bridgehead atoms. The molecule has 0 aliphatic heterocycles. The molecule has 2 aliphatic carbocycles. The first-order valence-corrected chi connectivity index (χ1v) is 12.8. The van der Waals surface area contributed by atoms with E-state index in [-0.39, 0.29) is 22.6 Å². The first kappa shape index (κ1) is 22.8. The van der Waals surface area contributed by atoms with Crippen LogP contribution in [0.3, 0.4) is 0 Å². The third kappa shape index (κ3) is 4.05. The minimum Gasteiger partial charge on any atom is -0.343 e. The van der Waals surface area contributed by atoms with Crippen molar-refractivity contribution in [3.8, 4) is 11.3 Å². The van der Waals surface area contributed by atoms with Gasteiger partial charge in [-0.1, -0.05) is 61.4 Å². The molecule has 1 saturated carbocycles. The van der Waals surface area contributed by atoms with Crippen molar-refractivity contribution in [1.29, 1.82) is 0 Å². The van der Waals surface area contributed by atoms with E-state index in [1.165, 1.54) is 23.7 Å². The fourth-order valence-corrected chi connectivity index (χ4v) is 6.32. The molecule has 1 fully saturated rings. The summed E-state index contributed by atoms with van der Waals surface area (Å²) in [7, 11) is 0. The van der Waals surface area contributed by atoms with Crippen LogP contribution in [0.4, 0.5) is 0 Å². The third-order valence-electron chi connectivity index (χ3n) is 7.03. The van der Waals surface area contributed by atoms with E-state index in [4.69, 9.17) is 4.98 Å². The molecule has 0 atom stereocenters. The van der Waals surface area contributed by atoms with Crippen molar-refractivity contribution in [2.45, 2.75) is 69.5 Å². The highest BCUT2D eigenvalue weighted by atomic mass is 32.2. The number of fused-ring (bicyclic) bond motifs is 4. The molecule has 5 nitrogen and oxygen atoms in total. The smallest absolute Gasteiger partial charge is 0.258 e. The van der Waals surface area contributed by atoms with Crippen molar-refractivity contribution in [2.24, 2.45) is 0 Å². The van der Waals surface area contributed by atoms with Crippen LogP contribution in [0.2, 0.25) is 0 Å². The molecule has 1 aromatic carbocycles. The van der Waals surface area contributed by atoms with Crippen molar-refractivity contribution >= 4 is 17.7 Å². The summed E-state index contributed by atoms with van der Waals surface area (Å²) in [5.74, 6) is 0.345. The molecule has 0 radical (unpaired) electrons. The van der Waals surface area contributed by atoms with Gasteiger partial charge in [0.1, 0.15) is 0 Å². The minimum absolute atomic E-state index is 0.0455. The highest BCUT2D eigenvalue weighted by Gasteiger charge is 2.43. The molecule has 32 heavy (non-hydrogen) atoms. The van der Waals surface area contributed by atoms with E-state index in [1.807, 2.05) is 24.8 Å². The maximum Gasteiger partial charge on any atom is 0.258 e. The van der Waals surface area contributed by atoms with Crippen LogP contribution in [0.1, 0.15) is 57.1 Å². The van der Waals surface area contributed by atoms with Gasteiger partial charge in [-0.25, -0.2) is 4.98 Å². The van der Waals surface area contributed by atoms with Crippen molar-refractivity contribution in [3.63, 3.8) is 0 Å². The van der Waals surface area contributed by atoms with E-state index in [0.717, 1.165) is 48.9 Å². The van der Waals surface area contributed by atoms with E-state index < -0.39 is 0 Å². The summed E-state index contributed by atoms with van der Waals surface area (Å²) in [6.07, 6.45) is 8.26. The topological polar surface area (TPSA) is 55.2 Å². The van der Waals surface area contributed by atoms with Gasteiger partial charge < -0.3 is 4.90 Å². The number of aromatic nitrogens is 2. The molecule has 4 rings (SSSR count). The summed E-state index contributed by atoms with van der Waals surface area (Å²) in [5, 5.41) is 0.608. The average Bonchev–Trinajstić information content (AvgIpc) is 2.81. The maximum atomic E-state index is 14.0. The number of nitrogens with zero attached hydrogens (tertiary/aromatic N) is 3. The zero-order chi connectivity index (χ0) is 22.7. The summed E-state index contributed by atoms with van der Waals surface area (Å²) in [4.78, 5) is 33.5. The Balaban J connectivity index is 1.84. The van der Waals surface area contributed by atoms with Crippen LogP contribution in [-0.2, 0) is 23.2 Å². The Hall–Kier alpha value is -2.34. The Kier molecular flexibility index (Phi) is 6.89. The molecule has 0 saturated heterocycles. The van der Waals surface area contributed by atoms with E-state index >= 15 is 0 Å². The molecule has 170 valence electrons. The summed E-state index contributed by atoms with van der Waals surface area (Å²) in [6, 6.07) is 8.37. The second-order valence-corrected chi connectivity index (χ2v) is 9.79. The van der Waals surface area contributed by atoms with Gasteiger partial charge in [-0.2, -0.15) is 0 Å². The number of hydrogen-bond donors (Lipinski definition) is 0. The van der Waals surface area contributed by atoms with Gasteiger partial charge in [0.2, 0.25) is 5.91 Å². The van der Waals surface area contributed by atoms with E-state index in [9.17, 15) is 9.59 Å². The molecular formula is C26H33N3O2S. The number of amides is 1. The Morgan fingerprint density at radius 1 is 1.22 bits per heavy atom. The van der Waals surface area contributed by atoms with Gasteiger partial charge in [0.15, 0.2) is 5.16 Å². The van der Waals surface area contributed by atoms with Gasteiger partial charge in [0.25, 0.3) is 5.56 Å². The van der Waals surface area contributed by atoms with Gasteiger partial charge in [-0.05, 0) is 38.7 Å². The fraction of sp³-hybridized carbons (Fsp3) is 0.500. The molecule has 6 heteroatoms. The standard InChI is InChI=1S/C26H33N3O2S/c1-4-16-29-24(31)22-23(27-25(29)32-18-21(30)28(5-2)6-3)20-13-9-8-12-19(20)17-26(22)14-10-7-11-15-26/h4,8-9,12-13H,1,5-7,10-11,14-18H2,2-3H3. The van der Waals surface area contributed by atoms with E-state index in [0.29, 0.717) is 24.8 Å². The lowest BCUT2D eigenvalue weighted by atomic mass is 9.62. The molecule has 1 aromatic heterocycles. The van der Waals surface area contributed by atoms with Crippen LogP contribution in [0, 0.1) is 0 Å². The number of carbonyl (C=O) groups is 1. The van der Waals surface area contributed by atoms with Gasteiger partial charge in [0, 0.05) is 30.6 Å². The van der Waals surface area contributed by atoms with E-state index in [2.05, 4.69) is 24.8 Å². The number of allylic oxidation sites excluding steroid dienone is 1. The van der Waals surface area contributed by atoms with Crippen molar-refractivity contribution in [2.75, 3.05) is 18.8 Å². The molecule has 0 unspecified atom stereocenters. The minimum atomic E-state index is -0.130. The van der Waals surface area contributed by atoms with E-state index in [1.54, 1.807) is 10.6 Å². The van der Waals surface area contributed by atoms with Crippen LogP contribution >= 0.6 is 11.8 Å². The van der Waals surface area contributed by atoms with Crippen LogP contribution < -0.4 is 5.56 Å². The van der Waals surface area contributed by atoms with Crippen molar-refractivity contribution in [3.05, 3.63) is 58.4 Å². The highest BCUT2D eigenvalue weighted by molar-refractivity contribution is 7.99. The van der Waals surface area contributed by atoms with Gasteiger partial charge in [0.05, 0.1) is 17.0 Å². The zero-order valence-electron chi connectivity index (χ0n) is 19.2. The second-order valence-electron chi connectivity index (χ2n) is 8.85. The summed E-state index contributed by atoms with van der Waals surface area (Å²) < 4.78 is 1.73. The number of benzene rings is 1. The Labute approximate surface area is 194 Å². The van der Waals surface area contributed by atoms with Crippen molar-refractivity contribution in [1.82, 2.24) is 14.5 Å². The molecule has 1 amide bonds. The normalized spacial score (nSPS) is 16.3. The van der Waals surface area contributed by atoms with Crippen LogP contribution in [-0.4, -0.2) is 39.2 Å². The lowest BCUT2D eigenvalue weighted by molar-refractivity contribution is -0.127. The monoisotopic (exact) mass is 451 g/mol. The number of carbonyl (C=O) groups excluding carboxylic acids is 1. The molecule has 1 spiro atoms.